The first-order valence-corrected chi connectivity index (χ1v) is 7.06. The Bertz CT molecular complexity index is 720. The first-order chi connectivity index (χ1) is 10.3. The van der Waals surface area contributed by atoms with E-state index < -0.39 is 5.60 Å². The van der Waals surface area contributed by atoms with Gasteiger partial charge < -0.3 is 15.3 Å². The predicted molar refractivity (Wildman–Crippen MR) is 84.6 cm³/mol. The number of nitrogens with zero attached hydrogens (tertiary/aromatic N) is 3. The van der Waals surface area contributed by atoms with Gasteiger partial charge in [-0.1, -0.05) is 24.3 Å². The van der Waals surface area contributed by atoms with Crippen LogP contribution >= 0.6 is 0 Å². The summed E-state index contributed by atoms with van der Waals surface area (Å²) >= 11 is 0. The molecule has 1 amide bonds. The molecule has 22 heavy (non-hydrogen) atoms. The molecule has 0 bridgehead atoms. The van der Waals surface area contributed by atoms with Crippen LogP contribution in [0.5, 0.6) is 0 Å². The fraction of sp³-hybridized carbons (Fsp3) is 0.312. The summed E-state index contributed by atoms with van der Waals surface area (Å²) in [5.74, 6) is 1.05. The van der Waals surface area contributed by atoms with Crippen molar-refractivity contribution in [2.24, 2.45) is 0 Å². The molecule has 2 N–H and O–H groups in total. The molecule has 0 unspecified atom stereocenters. The molecule has 114 valence electrons. The monoisotopic (exact) mass is 298 g/mol. The summed E-state index contributed by atoms with van der Waals surface area (Å²) in [5, 5.41) is 12.7. The highest BCUT2D eigenvalue weighted by molar-refractivity contribution is 5.99. The number of benzene rings is 1. The average Bonchev–Trinajstić information content (AvgIpc) is 2.46. The number of aliphatic hydroxyl groups is 1. The lowest BCUT2D eigenvalue weighted by atomic mass is 9.97. The fourth-order valence-electron chi connectivity index (χ4n) is 2.38. The summed E-state index contributed by atoms with van der Waals surface area (Å²) in [6.07, 6.45) is 1.64. The van der Waals surface area contributed by atoms with Gasteiger partial charge >= 0.3 is 0 Å². The molecule has 3 rings (SSSR count). The summed E-state index contributed by atoms with van der Waals surface area (Å²) in [6.45, 7) is 3.76. The minimum absolute atomic E-state index is 0.0911. The second kappa shape index (κ2) is 5.06. The van der Waals surface area contributed by atoms with E-state index >= 15 is 0 Å². The SMILES string of the molecule is CN1CC(=O)Nc2ncc(-c3ccc(C(C)(C)O)cc3)nc21. The van der Waals surface area contributed by atoms with Crippen molar-refractivity contribution in [3.63, 3.8) is 0 Å². The molecule has 1 aromatic carbocycles. The number of aromatic nitrogens is 2. The molecular formula is C16H18N4O2. The third-order valence-electron chi connectivity index (χ3n) is 3.64. The number of nitrogens with one attached hydrogen (secondary N) is 1. The minimum Gasteiger partial charge on any atom is -0.386 e. The lowest BCUT2D eigenvalue weighted by Crippen LogP contribution is -2.36. The maximum absolute atomic E-state index is 11.5. The van der Waals surface area contributed by atoms with E-state index in [9.17, 15) is 9.90 Å². The van der Waals surface area contributed by atoms with Crippen LogP contribution in [-0.4, -0.2) is 34.6 Å². The average molecular weight is 298 g/mol. The van der Waals surface area contributed by atoms with Crippen molar-refractivity contribution in [2.75, 3.05) is 23.8 Å². The molecule has 0 spiro atoms. The predicted octanol–water partition coefficient (Wildman–Crippen LogP) is 1.76. The van der Waals surface area contributed by atoms with Crippen LogP contribution in [0.4, 0.5) is 11.6 Å². The smallest absolute Gasteiger partial charge is 0.245 e. The van der Waals surface area contributed by atoms with Gasteiger partial charge in [0.15, 0.2) is 11.6 Å². The first-order valence-electron chi connectivity index (χ1n) is 7.06. The van der Waals surface area contributed by atoms with Gasteiger partial charge in [-0.3, -0.25) is 4.79 Å². The van der Waals surface area contributed by atoms with Crippen molar-refractivity contribution in [3.05, 3.63) is 36.0 Å². The largest absolute Gasteiger partial charge is 0.386 e. The molecule has 0 fully saturated rings. The molecule has 1 aromatic heterocycles. The second-order valence-electron chi connectivity index (χ2n) is 5.97. The van der Waals surface area contributed by atoms with Gasteiger partial charge in [0.1, 0.15) is 0 Å². The van der Waals surface area contributed by atoms with Crippen molar-refractivity contribution in [1.29, 1.82) is 0 Å². The number of carbonyl (C=O) groups excluding carboxylic acids is 1. The summed E-state index contributed by atoms with van der Waals surface area (Å²) in [7, 11) is 1.81. The summed E-state index contributed by atoms with van der Waals surface area (Å²) < 4.78 is 0. The molecular weight excluding hydrogens is 280 g/mol. The Morgan fingerprint density at radius 3 is 2.59 bits per heavy atom. The van der Waals surface area contributed by atoms with Crippen LogP contribution in [0.15, 0.2) is 30.5 Å². The van der Waals surface area contributed by atoms with Crippen molar-refractivity contribution < 1.29 is 9.90 Å². The van der Waals surface area contributed by atoms with E-state index in [4.69, 9.17) is 0 Å². The molecule has 0 atom stereocenters. The van der Waals surface area contributed by atoms with Gasteiger partial charge in [0.2, 0.25) is 5.91 Å². The Hall–Kier alpha value is -2.47. The van der Waals surface area contributed by atoms with Gasteiger partial charge in [-0.05, 0) is 19.4 Å². The number of hydrogen-bond donors (Lipinski definition) is 2. The zero-order chi connectivity index (χ0) is 15.9. The number of likely N-dealkylation sites (N-methyl/N-ethyl adjacent to an activating group) is 1. The highest BCUT2D eigenvalue weighted by Crippen LogP contribution is 2.28. The molecule has 2 heterocycles. The van der Waals surface area contributed by atoms with Crippen molar-refractivity contribution in [3.8, 4) is 11.3 Å². The molecule has 0 saturated carbocycles. The maximum Gasteiger partial charge on any atom is 0.245 e. The van der Waals surface area contributed by atoms with E-state index in [2.05, 4.69) is 15.3 Å². The van der Waals surface area contributed by atoms with Gasteiger partial charge in [-0.2, -0.15) is 0 Å². The maximum atomic E-state index is 11.5. The molecule has 0 saturated heterocycles. The number of carbonyl (C=O) groups is 1. The van der Waals surface area contributed by atoms with Gasteiger partial charge in [0.05, 0.1) is 24.0 Å². The highest BCUT2D eigenvalue weighted by Gasteiger charge is 2.22. The van der Waals surface area contributed by atoms with E-state index in [0.717, 1.165) is 16.8 Å². The quantitative estimate of drug-likeness (QED) is 0.883. The van der Waals surface area contributed by atoms with Crippen LogP contribution in [0.3, 0.4) is 0 Å². The Balaban J connectivity index is 1.96. The van der Waals surface area contributed by atoms with E-state index in [1.807, 2.05) is 31.3 Å². The van der Waals surface area contributed by atoms with Crippen molar-refractivity contribution in [2.45, 2.75) is 19.4 Å². The standard InChI is InChI=1S/C16H18N4O2/c1-16(2,22)11-6-4-10(5-7-11)12-8-17-14-15(18-12)20(3)9-13(21)19-14/h4-8,22H,9H2,1-3H3,(H,17,19,21). The number of amides is 1. The Labute approximate surface area is 128 Å². The summed E-state index contributed by atoms with van der Waals surface area (Å²) in [4.78, 5) is 22.1. The van der Waals surface area contributed by atoms with Crippen LogP contribution in [0.25, 0.3) is 11.3 Å². The topological polar surface area (TPSA) is 78.4 Å². The third-order valence-corrected chi connectivity index (χ3v) is 3.64. The number of hydrogen-bond acceptors (Lipinski definition) is 5. The number of rotatable bonds is 2. The Morgan fingerprint density at radius 1 is 1.27 bits per heavy atom. The van der Waals surface area contributed by atoms with Crippen LogP contribution in [-0.2, 0) is 10.4 Å². The lowest BCUT2D eigenvalue weighted by Gasteiger charge is -2.25. The van der Waals surface area contributed by atoms with E-state index in [1.54, 1.807) is 24.9 Å². The zero-order valence-electron chi connectivity index (χ0n) is 12.8. The molecule has 6 heteroatoms. The first kappa shape index (κ1) is 14.5. The lowest BCUT2D eigenvalue weighted by molar-refractivity contribution is -0.115. The summed E-state index contributed by atoms with van der Waals surface area (Å²) in [6, 6.07) is 7.57. The molecule has 1 aliphatic rings. The van der Waals surface area contributed by atoms with E-state index in [1.165, 1.54) is 0 Å². The van der Waals surface area contributed by atoms with Crippen molar-refractivity contribution in [1.82, 2.24) is 9.97 Å². The van der Waals surface area contributed by atoms with Crippen molar-refractivity contribution >= 4 is 17.5 Å². The van der Waals surface area contributed by atoms with Gasteiger partial charge in [0, 0.05) is 12.6 Å². The second-order valence-corrected chi connectivity index (χ2v) is 5.97. The molecule has 0 aliphatic carbocycles. The number of anilines is 2. The third kappa shape index (κ3) is 2.65. The minimum atomic E-state index is -0.870. The highest BCUT2D eigenvalue weighted by atomic mass is 16.3. The van der Waals surface area contributed by atoms with Crippen LogP contribution < -0.4 is 10.2 Å². The fourth-order valence-corrected chi connectivity index (χ4v) is 2.38. The zero-order valence-corrected chi connectivity index (χ0v) is 12.8. The van der Waals surface area contributed by atoms with E-state index in [-0.39, 0.29) is 12.5 Å². The Morgan fingerprint density at radius 2 is 1.95 bits per heavy atom. The Kier molecular flexibility index (Phi) is 3.33. The molecule has 2 aromatic rings. The van der Waals surface area contributed by atoms with Crippen LogP contribution in [0, 0.1) is 0 Å². The van der Waals surface area contributed by atoms with Crippen LogP contribution in [0.1, 0.15) is 19.4 Å². The molecule has 6 nitrogen and oxygen atoms in total. The van der Waals surface area contributed by atoms with Gasteiger partial charge in [-0.25, -0.2) is 9.97 Å². The summed E-state index contributed by atoms with van der Waals surface area (Å²) in [5.41, 5.74) is 1.61. The molecule has 0 radical (unpaired) electrons. The van der Waals surface area contributed by atoms with Gasteiger partial charge in [-0.15, -0.1) is 0 Å². The normalized spacial score (nSPS) is 14.5. The van der Waals surface area contributed by atoms with E-state index in [0.29, 0.717) is 11.6 Å². The van der Waals surface area contributed by atoms with Crippen LogP contribution in [0.2, 0.25) is 0 Å². The molecule has 1 aliphatic heterocycles. The van der Waals surface area contributed by atoms with Gasteiger partial charge in [0.25, 0.3) is 0 Å². The number of fused-ring (bicyclic) bond motifs is 1.